The van der Waals surface area contributed by atoms with E-state index in [0.29, 0.717) is 15.8 Å². The predicted molar refractivity (Wildman–Crippen MR) is 110 cm³/mol. The van der Waals surface area contributed by atoms with Gasteiger partial charge in [0.25, 0.3) is 5.69 Å². The Morgan fingerprint density at radius 2 is 1.74 bits per heavy atom. The van der Waals surface area contributed by atoms with Crippen LogP contribution >= 0.6 is 23.8 Å². The molecule has 0 aliphatic carbocycles. The third kappa shape index (κ3) is 4.78. The average Bonchev–Trinajstić information content (AvgIpc) is 2.69. The second kappa shape index (κ2) is 8.57. The minimum absolute atomic E-state index is 0.0709. The van der Waals surface area contributed by atoms with Crippen LogP contribution in [0.4, 0.5) is 11.4 Å². The van der Waals surface area contributed by atoms with Gasteiger partial charge >= 0.3 is 0 Å². The fraction of sp³-hybridized carbons (Fsp3) is 0.0526. The third-order valence-electron chi connectivity index (χ3n) is 3.86. The molecule has 2 aromatic carbocycles. The molecule has 0 unspecified atom stereocenters. The highest BCUT2D eigenvalue weighted by atomic mass is 35.5. The Balaban J connectivity index is 1.84. The van der Waals surface area contributed by atoms with E-state index in [-0.39, 0.29) is 11.7 Å². The molecule has 0 saturated carbocycles. The highest BCUT2D eigenvalue weighted by molar-refractivity contribution is 7.80. The number of rotatable bonds is 5. The standard InChI is InChI=1S/C19H15ClN4O2S/c20-16-7-6-15(24(25)26)12-17(16)22-19(27)23-18(13-4-2-1-3-5-13)14-8-10-21-11-9-14/h1-12,18H,(H2,22,23,27)/t18-/m0/s1. The summed E-state index contributed by atoms with van der Waals surface area (Å²) in [4.78, 5) is 14.5. The van der Waals surface area contributed by atoms with Gasteiger partial charge in [-0.25, -0.2) is 0 Å². The summed E-state index contributed by atoms with van der Waals surface area (Å²) in [5.74, 6) is 0. The molecule has 0 aliphatic rings. The topological polar surface area (TPSA) is 80.1 Å². The molecule has 136 valence electrons. The maximum Gasteiger partial charge on any atom is 0.271 e. The van der Waals surface area contributed by atoms with E-state index in [2.05, 4.69) is 15.6 Å². The first-order valence-electron chi connectivity index (χ1n) is 8.01. The van der Waals surface area contributed by atoms with Crippen molar-refractivity contribution in [3.8, 4) is 0 Å². The number of non-ortho nitro benzene ring substituents is 1. The molecule has 1 heterocycles. The van der Waals surface area contributed by atoms with Crippen LogP contribution in [0.25, 0.3) is 0 Å². The number of thiocarbonyl (C=S) groups is 1. The van der Waals surface area contributed by atoms with Crippen LogP contribution in [0.15, 0.2) is 73.1 Å². The first kappa shape index (κ1) is 18.8. The molecule has 3 aromatic rings. The number of hydrogen-bond acceptors (Lipinski definition) is 4. The van der Waals surface area contributed by atoms with Crippen molar-refractivity contribution in [1.29, 1.82) is 0 Å². The zero-order chi connectivity index (χ0) is 19.2. The van der Waals surface area contributed by atoms with Gasteiger partial charge in [0, 0.05) is 24.5 Å². The molecule has 0 spiro atoms. The molecular weight excluding hydrogens is 384 g/mol. The van der Waals surface area contributed by atoms with E-state index >= 15 is 0 Å². The second-order valence-electron chi connectivity index (χ2n) is 5.64. The van der Waals surface area contributed by atoms with E-state index in [1.54, 1.807) is 12.4 Å². The molecule has 0 amide bonds. The number of nitrogens with zero attached hydrogens (tertiary/aromatic N) is 2. The van der Waals surface area contributed by atoms with Gasteiger partial charge in [-0.05, 0) is 41.5 Å². The normalized spacial score (nSPS) is 11.4. The van der Waals surface area contributed by atoms with Crippen LogP contribution in [0, 0.1) is 10.1 Å². The van der Waals surface area contributed by atoms with E-state index in [4.69, 9.17) is 23.8 Å². The molecule has 3 rings (SSSR count). The zero-order valence-electron chi connectivity index (χ0n) is 14.0. The summed E-state index contributed by atoms with van der Waals surface area (Å²) < 4.78 is 0. The van der Waals surface area contributed by atoms with Crippen LogP contribution in [-0.4, -0.2) is 15.0 Å². The van der Waals surface area contributed by atoms with Crippen molar-refractivity contribution in [2.45, 2.75) is 6.04 Å². The lowest BCUT2D eigenvalue weighted by Crippen LogP contribution is -2.33. The third-order valence-corrected chi connectivity index (χ3v) is 4.41. The van der Waals surface area contributed by atoms with E-state index in [1.165, 1.54) is 18.2 Å². The lowest BCUT2D eigenvalue weighted by atomic mass is 10.00. The summed E-state index contributed by atoms with van der Waals surface area (Å²) in [6.45, 7) is 0. The van der Waals surface area contributed by atoms with Crippen LogP contribution in [0.3, 0.4) is 0 Å². The van der Waals surface area contributed by atoms with Gasteiger partial charge in [0.15, 0.2) is 5.11 Å². The molecule has 1 aromatic heterocycles. The van der Waals surface area contributed by atoms with Crippen molar-refractivity contribution in [2.75, 3.05) is 5.32 Å². The van der Waals surface area contributed by atoms with Gasteiger partial charge in [-0.15, -0.1) is 0 Å². The van der Waals surface area contributed by atoms with E-state index in [1.807, 2.05) is 42.5 Å². The van der Waals surface area contributed by atoms with Crippen molar-refractivity contribution in [3.63, 3.8) is 0 Å². The summed E-state index contributed by atoms with van der Waals surface area (Å²) in [6.07, 6.45) is 3.42. The molecule has 0 aliphatic heterocycles. The minimum atomic E-state index is -0.484. The monoisotopic (exact) mass is 398 g/mol. The summed E-state index contributed by atoms with van der Waals surface area (Å²) in [6, 6.07) is 17.5. The molecule has 0 bridgehead atoms. The number of benzene rings is 2. The van der Waals surface area contributed by atoms with Crippen LogP contribution in [0.5, 0.6) is 0 Å². The number of hydrogen-bond donors (Lipinski definition) is 2. The lowest BCUT2D eigenvalue weighted by Gasteiger charge is -2.22. The molecular formula is C19H15ClN4O2S. The summed E-state index contributed by atoms with van der Waals surface area (Å²) in [5.41, 5.74) is 2.28. The quantitative estimate of drug-likeness (QED) is 0.368. The van der Waals surface area contributed by atoms with E-state index in [9.17, 15) is 10.1 Å². The SMILES string of the molecule is O=[N+]([O-])c1ccc(Cl)c(NC(=S)N[C@@H](c2ccccc2)c2ccncc2)c1. The summed E-state index contributed by atoms with van der Waals surface area (Å²) >= 11 is 11.5. The van der Waals surface area contributed by atoms with Gasteiger partial charge in [0.2, 0.25) is 0 Å². The van der Waals surface area contributed by atoms with Crippen LogP contribution in [0.1, 0.15) is 17.2 Å². The lowest BCUT2D eigenvalue weighted by molar-refractivity contribution is -0.384. The Hall–Kier alpha value is -3.03. The summed E-state index contributed by atoms with van der Waals surface area (Å²) in [7, 11) is 0. The number of nitro benzene ring substituents is 1. The molecule has 0 fully saturated rings. The van der Waals surface area contributed by atoms with Gasteiger partial charge in [-0.2, -0.15) is 0 Å². The highest BCUT2D eigenvalue weighted by Gasteiger charge is 2.16. The van der Waals surface area contributed by atoms with Gasteiger partial charge in [0.05, 0.1) is 21.7 Å². The number of nitrogens with one attached hydrogen (secondary N) is 2. The first-order valence-corrected chi connectivity index (χ1v) is 8.79. The smallest absolute Gasteiger partial charge is 0.271 e. The van der Waals surface area contributed by atoms with E-state index in [0.717, 1.165) is 11.1 Å². The van der Waals surface area contributed by atoms with Crippen molar-refractivity contribution >= 4 is 40.3 Å². The maximum absolute atomic E-state index is 11.0. The first-order chi connectivity index (χ1) is 13.0. The zero-order valence-corrected chi connectivity index (χ0v) is 15.6. The molecule has 27 heavy (non-hydrogen) atoms. The van der Waals surface area contributed by atoms with E-state index < -0.39 is 4.92 Å². The van der Waals surface area contributed by atoms with Crippen LogP contribution in [-0.2, 0) is 0 Å². The number of pyridine rings is 1. The summed E-state index contributed by atoms with van der Waals surface area (Å²) in [5, 5.41) is 17.8. The van der Waals surface area contributed by atoms with Crippen LogP contribution in [0.2, 0.25) is 5.02 Å². The number of aromatic nitrogens is 1. The molecule has 8 heteroatoms. The van der Waals surface area contributed by atoms with Crippen molar-refractivity contribution in [1.82, 2.24) is 10.3 Å². The van der Waals surface area contributed by atoms with Gasteiger partial charge < -0.3 is 10.6 Å². The fourth-order valence-corrected chi connectivity index (χ4v) is 2.97. The van der Waals surface area contributed by atoms with Gasteiger partial charge in [-0.1, -0.05) is 41.9 Å². The maximum atomic E-state index is 11.0. The Bertz CT molecular complexity index is 915. The highest BCUT2D eigenvalue weighted by Crippen LogP contribution is 2.27. The molecule has 0 saturated heterocycles. The molecule has 1 atom stereocenters. The number of halogens is 1. The Labute approximate surface area is 166 Å². The number of anilines is 1. The average molecular weight is 399 g/mol. The fourth-order valence-electron chi connectivity index (χ4n) is 2.57. The van der Waals surface area contributed by atoms with Crippen molar-refractivity contribution < 1.29 is 4.92 Å². The Morgan fingerprint density at radius 1 is 1.07 bits per heavy atom. The Kier molecular flexibility index (Phi) is 5.95. The second-order valence-corrected chi connectivity index (χ2v) is 6.46. The van der Waals surface area contributed by atoms with Crippen molar-refractivity contribution in [3.05, 3.63) is 99.3 Å². The molecule has 0 radical (unpaired) electrons. The number of nitro groups is 1. The molecule has 2 N–H and O–H groups in total. The van der Waals surface area contributed by atoms with Crippen molar-refractivity contribution in [2.24, 2.45) is 0 Å². The van der Waals surface area contributed by atoms with Gasteiger partial charge in [-0.3, -0.25) is 15.1 Å². The Morgan fingerprint density at radius 3 is 2.41 bits per heavy atom. The van der Waals surface area contributed by atoms with Crippen LogP contribution < -0.4 is 10.6 Å². The largest absolute Gasteiger partial charge is 0.352 e. The molecule has 6 nitrogen and oxygen atoms in total. The predicted octanol–water partition coefficient (Wildman–Crippen LogP) is 4.72. The minimum Gasteiger partial charge on any atom is -0.352 e. The van der Waals surface area contributed by atoms with Gasteiger partial charge in [0.1, 0.15) is 0 Å².